The summed E-state index contributed by atoms with van der Waals surface area (Å²) in [5, 5.41) is 1.72. The number of aromatic nitrogens is 2. The van der Waals surface area contributed by atoms with Crippen LogP contribution in [0.25, 0.3) is 16.6 Å². The Labute approximate surface area is 212 Å². The van der Waals surface area contributed by atoms with E-state index in [1.54, 1.807) is 0 Å². The molecule has 0 unspecified atom stereocenters. The third-order valence-corrected chi connectivity index (χ3v) is 37.1. The van der Waals surface area contributed by atoms with Gasteiger partial charge in [-0.2, -0.15) is 0 Å². The second-order valence-corrected chi connectivity index (χ2v) is 30.2. The number of fused-ring (bicyclic) bond motifs is 1. The zero-order chi connectivity index (χ0) is 23.5. The standard InChI is InChI=1S/C11H10N2OS.3C6H11.Sn/c1-7(2)13-10(14)8-5-3-4-6-9(8)12-11(13)15;3*1-2-4-6-5-3-1;/h3-6H,1H2,2H3,(H,12,15);3*1H,2-6H2;/q;;;;+1/p-1. The first-order valence-corrected chi connectivity index (χ1v) is 23.2. The second-order valence-electron chi connectivity index (χ2n) is 11.2. The number of benzene rings is 1. The van der Waals surface area contributed by atoms with E-state index < -0.39 is 17.0 Å². The molecular formula is C29H42N2OSSn. The summed E-state index contributed by atoms with van der Waals surface area (Å²) in [4.78, 5) is 18.9. The molecule has 1 heterocycles. The average Bonchev–Trinajstić information content (AvgIpc) is 2.89. The molecule has 3 nitrogen and oxygen atoms in total. The maximum absolute atomic E-state index is 13.7. The van der Waals surface area contributed by atoms with Gasteiger partial charge in [-0.3, -0.25) is 0 Å². The Hall–Kier alpha value is -0.751. The van der Waals surface area contributed by atoms with Gasteiger partial charge in [-0.1, -0.05) is 0 Å². The fourth-order valence-corrected chi connectivity index (χ4v) is 38.7. The normalized spacial score (nSPS) is 21.7. The number of rotatable bonds is 6. The van der Waals surface area contributed by atoms with Crippen molar-refractivity contribution in [1.29, 1.82) is 0 Å². The molecule has 0 spiro atoms. The third kappa shape index (κ3) is 4.79. The Kier molecular flexibility index (Phi) is 8.14. The molecule has 0 atom stereocenters. The van der Waals surface area contributed by atoms with Crippen molar-refractivity contribution < 1.29 is 0 Å². The number of allylic oxidation sites excluding steroid dienone is 1. The molecule has 5 rings (SSSR count). The number of hydrogen-bond donors (Lipinski definition) is 0. The quantitative estimate of drug-likeness (QED) is 0.251. The summed E-state index contributed by atoms with van der Waals surface area (Å²) in [6.07, 6.45) is 21.4. The summed E-state index contributed by atoms with van der Waals surface area (Å²) in [6, 6.07) is 7.94. The van der Waals surface area contributed by atoms with E-state index in [9.17, 15) is 4.79 Å². The SMILES string of the molecule is C=C(C)n1c([S][Sn]([CH]2CCCCC2)([CH]2CCCCC2)[CH]2CCCCC2)nc2ccccc2c1=O. The zero-order valence-corrected chi connectivity index (χ0v) is 24.7. The molecule has 1 aromatic carbocycles. The van der Waals surface area contributed by atoms with Gasteiger partial charge in [-0.15, -0.1) is 0 Å². The van der Waals surface area contributed by atoms with E-state index in [2.05, 4.69) is 15.5 Å². The fraction of sp³-hybridized carbons (Fsp3) is 0.655. The molecular weight excluding hydrogens is 543 g/mol. The van der Waals surface area contributed by atoms with Crippen molar-refractivity contribution in [1.82, 2.24) is 9.55 Å². The van der Waals surface area contributed by atoms with Crippen molar-refractivity contribution >= 4 is 42.5 Å². The molecule has 0 radical (unpaired) electrons. The topological polar surface area (TPSA) is 34.9 Å². The van der Waals surface area contributed by atoms with Crippen LogP contribution < -0.4 is 5.56 Å². The molecule has 0 amide bonds. The van der Waals surface area contributed by atoms with Gasteiger partial charge in [0.2, 0.25) is 0 Å². The first-order valence-electron chi connectivity index (χ1n) is 14.0. The number of nitrogens with zero attached hydrogens (tertiary/aromatic N) is 2. The van der Waals surface area contributed by atoms with Crippen molar-refractivity contribution in [3.63, 3.8) is 0 Å². The summed E-state index contributed by atoms with van der Waals surface area (Å²) in [5.41, 5.74) is 1.77. The van der Waals surface area contributed by atoms with Gasteiger partial charge in [0.25, 0.3) is 0 Å². The van der Waals surface area contributed by atoms with Gasteiger partial charge in [0.1, 0.15) is 0 Å². The second kappa shape index (κ2) is 11.1. The predicted molar refractivity (Wildman–Crippen MR) is 149 cm³/mol. The monoisotopic (exact) mass is 586 g/mol. The van der Waals surface area contributed by atoms with Gasteiger partial charge < -0.3 is 0 Å². The molecule has 0 saturated heterocycles. The van der Waals surface area contributed by atoms with Crippen LogP contribution in [-0.4, -0.2) is 26.5 Å². The van der Waals surface area contributed by atoms with Crippen LogP contribution in [0.5, 0.6) is 0 Å². The van der Waals surface area contributed by atoms with Crippen LogP contribution in [0, 0.1) is 0 Å². The Morgan fingerprint density at radius 2 is 1.32 bits per heavy atom. The van der Waals surface area contributed by atoms with E-state index in [0.29, 0.717) is 0 Å². The number of hydrogen-bond acceptors (Lipinski definition) is 3. The van der Waals surface area contributed by atoms with Gasteiger partial charge in [0, 0.05) is 0 Å². The van der Waals surface area contributed by atoms with E-state index in [-0.39, 0.29) is 5.56 Å². The Balaban J connectivity index is 1.68. The van der Waals surface area contributed by atoms with Crippen LogP contribution in [-0.2, 0) is 0 Å². The third-order valence-electron chi connectivity index (χ3n) is 9.12. The zero-order valence-electron chi connectivity index (χ0n) is 21.1. The minimum absolute atomic E-state index is 0.0803. The van der Waals surface area contributed by atoms with Crippen LogP contribution in [0.1, 0.15) is 103 Å². The molecule has 3 aliphatic carbocycles. The van der Waals surface area contributed by atoms with Gasteiger partial charge in [-0.25, -0.2) is 0 Å². The van der Waals surface area contributed by atoms with Gasteiger partial charge >= 0.3 is 213 Å². The van der Waals surface area contributed by atoms with Crippen LogP contribution in [0.3, 0.4) is 0 Å². The molecule has 3 fully saturated rings. The van der Waals surface area contributed by atoms with Crippen LogP contribution in [0.15, 0.2) is 40.8 Å². The van der Waals surface area contributed by atoms with E-state index in [0.717, 1.165) is 33.6 Å². The van der Waals surface area contributed by atoms with Crippen molar-refractivity contribution in [2.45, 2.75) is 120 Å². The summed E-state index contributed by atoms with van der Waals surface area (Å²) in [6.45, 7) is 6.24. The first-order chi connectivity index (χ1) is 16.6. The van der Waals surface area contributed by atoms with E-state index in [4.69, 9.17) is 4.98 Å². The summed E-state index contributed by atoms with van der Waals surface area (Å²) < 4.78 is 4.73. The van der Waals surface area contributed by atoms with E-state index in [1.165, 1.54) is 96.3 Å². The van der Waals surface area contributed by atoms with Crippen LogP contribution >= 0.6 is 8.95 Å². The van der Waals surface area contributed by atoms with Gasteiger partial charge in [-0.05, 0) is 0 Å². The van der Waals surface area contributed by atoms with Gasteiger partial charge in [0.15, 0.2) is 0 Å². The summed E-state index contributed by atoms with van der Waals surface area (Å²) >= 11 is -2.92. The maximum atomic E-state index is 13.7. The summed E-state index contributed by atoms with van der Waals surface area (Å²) in [7, 11) is 2.24. The predicted octanol–water partition coefficient (Wildman–Crippen LogP) is 8.93. The molecule has 3 aliphatic rings. The van der Waals surface area contributed by atoms with Crippen molar-refractivity contribution in [3.05, 3.63) is 41.2 Å². The van der Waals surface area contributed by atoms with Crippen molar-refractivity contribution in [2.24, 2.45) is 0 Å². The molecule has 2 aromatic rings. The van der Waals surface area contributed by atoms with E-state index in [1.807, 2.05) is 35.8 Å². The van der Waals surface area contributed by atoms with Crippen molar-refractivity contribution in [3.8, 4) is 0 Å². The Morgan fingerprint density at radius 3 is 1.79 bits per heavy atom. The Bertz CT molecular complexity index is 1020. The molecule has 0 aliphatic heterocycles. The molecule has 184 valence electrons. The molecule has 5 heteroatoms. The minimum atomic E-state index is -2.92. The molecule has 0 N–H and O–H groups in total. The van der Waals surface area contributed by atoms with Crippen LogP contribution in [0.4, 0.5) is 0 Å². The molecule has 3 saturated carbocycles. The van der Waals surface area contributed by atoms with Gasteiger partial charge in [0.05, 0.1) is 0 Å². The molecule has 1 aromatic heterocycles. The number of para-hydroxylation sites is 1. The van der Waals surface area contributed by atoms with E-state index >= 15 is 0 Å². The van der Waals surface area contributed by atoms with Crippen molar-refractivity contribution in [2.75, 3.05) is 0 Å². The average molecular weight is 585 g/mol. The summed E-state index contributed by atoms with van der Waals surface area (Å²) in [5.74, 6) is 0. The first kappa shape index (κ1) is 24.9. The fourth-order valence-electron chi connectivity index (χ4n) is 7.59. The Morgan fingerprint density at radius 1 is 0.853 bits per heavy atom. The molecule has 0 bridgehead atoms. The van der Waals surface area contributed by atoms with Crippen LogP contribution in [0.2, 0.25) is 11.8 Å². The molecule has 34 heavy (non-hydrogen) atoms.